The van der Waals surface area contributed by atoms with E-state index in [0.29, 0.717) is 28.6 Å². The van der Waals surface area contributed by atoms with Gasteiger partial charge in [-0.2, -0.15) is 5.26 Å². The quantitative estimate of drug-likeness (QED) is 0.423. The van der Waals surface area contributed by atoms with Gasteiger partial charge in [-0.3, -0.25) is 14.2 Å². The van der Waals surface area contributed by atoms with Crippen LogP contribution in [0.1, 0.15) is 28.6 Å². The highest BCUT2D eigenvalue weighted by atomic mass is 35.5. The summed E-state index contributed by atoms with van der Waals surface area (Å²) in [5.41, 5.74) is 1.81. The molecular formula is C24H18ClN5O3. The number of nitrogens with zero attached hydrogens (tertiary/aromatic N) is 4. The molecule has 1 unspecified atom stereocenters. The van der Waals surface area contributed by atoms with Crippen LogP contribution in [-0.2, 0) is 22.4 Å². The summed E-state index contributed by atoms with van der Waals surface area (Å²) in [5.74, 6) is 0.502. The second-order valence-electron chi connectivity index (χ2n) is 7.21. The van der Waals surface area contributed by atoms with Gasteiger partial charge in [-0.05, 0) is 35.4 Å². The van der Waals surface area contributed by atoms with E-state index in [4.69, 9.17) is 21.6 Å². The lowest BCUT2D eigenvalue weighted by Gasteiger charge is -2.19. The summed E-state index contributed by atoms with van der Waals surface area (Å²) in [6.07, 6.45) is 6.10. The Morgan fingerprint density at radius 1 is 1.15 bits per heavy atom. The van der Waals surface area contributed by atoms with Gasteiger partial charge >= 0.3 is 5.97 Å². The molecule has 0 saturated heterocycles. The Morgan fingerprint density at radius 3 is 2.64 bits per heavy atom. The first-order valence-electron chi connectivity index (χ1n) is 10.0. The number of rotatable bonds is 7. The number of hydrogen-bond acceptors (Lipinski definition) is 6. The van der Waals surface area contributed by atoms with Crippen LogP contribution in [-0.4, -0.2) is 25.5 Å². The highest BCUT2D eigenvalue weighted by molar-refractivity contribution is 6.30. The molecule has 0 fully saturated rings. The molecule has 3 aromatic heterocycles. The first-order chi connectivity index (χ1) is 16.0. The van der Waals surface area contributed by atoms with E-state index in [1.165, 1.54) is 22.9 Å². The Balaban J connectivity index is 1.56. The molecule has 4 aromatic rings. The maximum atomic E-state index is 12.5. The molecule has 0 amide bonds. The van der Waals surface area contributed by atoms with Crippen LogP contribution in [0.15, 0.2) is 78.1 Å². The van der Waals surface area contributed by atoms with E-state index in [-0.39, 0.29) is 12.0 Å². The molecule has 4 rings (SSSR count). The van der Waals surface area contributed by atoms with Gasteiger partial charge in [-0.25, -0.2) is 9.97 Å². The molecule has 0 radical (unpaired) electrons. The predicted octanol–water partition coefficient (Wildman–Crippen LogP) is 3.55. The summed E-state index contributed by atoms with van der Waals surface area (Å²) < 4.78 is 7.11. The standard InChI is InChI=1S/C24H18ClN5O3/c25-19-6-8-23(31)30(15-19)22-7-3-17(14-29-22)11-20(18-4-1-16(13-26)2-5-18)33-24(32)12-21-27-9-10-28-21/h1-10,14-15,20H,11-12H2,(H,27,28). The molecule has 1 aromatic carbocycles. The number of ether oxygens (including phenoxy) is 1. The Hall–Kier alpha value is -4.22. The minimum Gasteiger partial charge on any atom is -0.457 e. The average Bonchev–Trinajstić information content (AvgIpc) is 3.34. The lowest BCUT2D eigenvalue weighted by molar-refractivity contribution is -0.148. The third-order valence-corrected chi connectivity index (χ3v) is 5.13. The van der Waals surface area contributed by atoms with Crippen molar-refractivity contribution in [2.45, 2.75) is 18.9 Å². The molecule has 0 aliphatic rings. The van der Waals surface area contributed by atoms with E-state index in [0.717, 1.165) is 11.1 Å². The van der Waals surface area contributed by atoms with E-state index in [9.17, 15) is 9.59 Å². The number of carbonyl (C=O) groups is 1. The summed E-state index contributed by atoms with van der Waals surface area (Å²) in [4.78, 5) is 35.9. The molecule has 0 bridgehead atoms. The van der Waals surface area contributed by atoms with E-state index in [2.05, 4.69) is 21.0 Å². The van der Waals surface area contributed by atoms with Crippen molar-refractivity contribution in [3.05, 3.63) is 111 Å². The molecule has 1 N–H and O–H groups in total. The van der Waals surface area contributed by atoms with Gasteiger partial charge in [0.2, 0.25) is 0 Å². The zero-order valence-corrected chi connectivity index (χ0v) is 18.1. The van der Waals surface area contributed by atoms with Crippen molar-refractivity contribution >= 4 is 17.6 Å². The minimum atomic E-state index is -0.596. The number of carbonyl (C=O) groups excluding carboxylic acids is 1. The van der Waals surface area contributed by atoms with Crippen LogP contribution in [0.4, 0.5) is 0 Å². The van der Waals surface area contributed by atoms with Crippen molar-refractivity contribution in [3.8, 4) is 11.9 Å². The van der Waals surface area contributed by atoms with Gasteiger partial charge in [0.25, 0.3) is 5.56 Å². The first kappa shape index (κ1) is 22.0. The zero-order valence-electron chi connectivity index (χ0n) is 17.3. The number of pyridine rings is 2. The summed E-state index contributed by atoms with van der Waals surface area (Å²) in [6.45, 7) is 0. The van der Waals surface area contributed by atoms with Crippen LogP contribution < -0.4 is 5.56 Å². The Morgan fingerprint density at radius 2 is 1.97 bits per heavy atom. The average molecular weight is 460 g/mol. The summed E-state index contributed by atoms with van der Waals surface area (Å²) in [5, 5.41) is 9.48. The van der Waals surface area contributed by atoms with Crippen molar-refractivity contribution in [3.63, 3.8) is 0 Å². The number of aromatic nitrogens is 4. The van der Waals surface area contributed by atoms with Crippen LogP contribution in [0.25, 0.3) is 5.82 Å². The van der Waals surface area contributed by atoms with Crippen LogP contribution in [0.2, 0.25) is 5.02 Å². The zero-order chi connectivity index (χ0) is 23.2. The maximum Gasteiger partial charge on any atom is 0.314 e. The summed E-state index contributed by atoms with van der Waals surface area (Å²) in [6, 6.07) is 15.4. The van der Waals surface area contributed by atoms with Gasteiger partial charge in [-0.1, -0.05) is 29.8 Å². The SMILES string of the molecule is N#Cc1ccc(C(Cc2ccc(-n3cc(Cl)ccc3=O)nc2)OC(=O)Cc2ncc[nH]2)cc1. The first-order valence-corrected chi connectivity index (χ1v) is 10.4. The summed E-state index contributed by atoms with van der Waals surface area (Å²) in [7, 11) is 0. The number of benzene rings is 1. The predicted molar refractivity (Wildman–Crippen MR) is 121 cm³/mol. The van der Waals surface area contributed by atoms with E-state index < -0.39 is 12.1 Å². The second kappa shape index (κ2) is 9.94. The topological polar surface area (TPSA) is 114 Å². The van der Waals surface area contributed by atoms with E-state index in [1.54, 1.807) is 48.9 Å². The number of aromatic amines is 1. The number of H-pyrrole nitrogens is 1. The fraction of sp³-hybridized carbons (Fsp3) is 0.125. The number of imidazole rings is 1. The molecule has 0 spiro atoms. The molecule has 33 heavy (non-hydrogen) atoms. The maximum absolute atomic E-state index is 12.5. The van der Waals surface area contributed by atoms with E-state index in [1.807, 2.05) is 6.07 Å². The molecule has 8 nitrogen and oxygen atoms in total. The van der Waals surface area contributed by atoms with E-state index >= 15 is 0 Å². The molecule has 164 valence electrons. The van der Waals surface area contributed by atoms with Crippen molar-refractivity contribution in [2.24, 2.45) is 0 Å². The van der Waals surface area contributed by atoms with Crippen molar-refractivity contribution in [2.75, 3.05) is 0 Å². The second-order valence-corrected chi connectivity index (χ2v) is 7.65. The van der Waals surface area contributed by atoms with Gasteiger partial charge < -0.3 is 9.72 Å². The van der Waals surface area contributed by atoms with Gasteiger partial charge in [0.05, 0.1) is 16.7 Å². The molecule has 9 heteroatoms. The molecule has 1 atom stereocenters. The Kier molecular flexibility index (Phi) is 6.62. The third kappa shape index (κ3) is 5.53. The molecule has 0 aliphatic carbocycles. The fourth-order valence-electron chi connectivity index (χ4n) is 3.27. The fourth-order valence-corrected chi connectivity index (χ4v) is 3.43. The van der Waals surface area contributed by atoms with Crippen LogP contribution in [0.3, 0.4) is 0 Å². The normalized spacial score (nSPS) is 11.5. The Labute approximate surface area is 194 Å². The van der Waals surface area contributed by atoms with Gasteiger partial charge in [0.1, 0.15) is 24.2 Å². The monoisotopic (exact) mass is 459 g/mol. The minimum absolute atomic E-state index is 0.00858. The number of esters is 1. The van der Waals surface area contributed by atoms with Gasteiger partial charge in [0, 0.05) is 37.3 Å². The molecule has 3 heterocycles. The smallest absolute Gasteiger partial charge is 0.314 e. The third-order valence-electron chi connectivity index (χ3n) is 4.90. The number of nitriles is 1. The van der Waals surface area contributed by atoms with Crippen LogP contribution in [0.5, 0.6) is 0 Å². The van der Waals surface area contributed by atoms with Crippen molar-refractivity contribution in [1.29, 1.82) is 5.26 Å². The highest BCUT2D eigenvalue weighted by Gasteiger charge is 2.19. The number of nitrogens with one attached hydrogen (secondary N) is 1. The number of halogens is 1. The van der Waals surface area contributed by atoms with Gasteiger partial charge in [0.15, 0.2) is 0 Å². The molecule has 0 saturated carbocycles. The lowest BCUT2D eigenvalue weighted by Crippen LogP contribution is -2.18. The largest absolute Gasteiger partial charge is 0.457 e. The van der Waals surface area contributed by atoms with Crippen molar-refractivity contribution in [1.82, 2.24) is 19.5 Å². The Bertz CT molecular complexity index is 1340. The summed E-state index contributed by atoms with van der Waals surface area (Å²) >= 11 is 5.99. The van der Waals surface area contributed by atoms with Crippen molar-refractivity contribution < 1.29 is 9.53 Å². The molecular weight excluding hydrogens is 442 g/mol. The number of hydrogen-bond donors (Lipinski definition) is 1. The lowest BCUT2D eigenvalue weighted by atomic mass is 10.0. The van der Waals surface area contributed by atoms with Crippen LogP contribution >= 0.6 is 11.6 Å². The highest BCUT2D eigenvalue weighted by Crippen LogP contribution is 2.24. The van der Waals surface area contributed by atoms with Gasteiger partial charge in [-0.15, -0.1) is 0 Å². The van der Waals surface area contributed by atoms with Crippen LogP contribution in [0, 0.1) is 11.3 Å². The molecule has 0 aliphatic heterocycles.